The molecule has 2 amide bonds. The molecular weight excluding hydrogens is 558 g/mol. The van der Waals surface area contributed by atoms with Crippen molar-refractivity contribution < 1.29 is 28.5 Å². The summed E-state index contributed by atoms with van der Waals surface area (Å²) in [6.07, 6.45) is 0. The Balaban J connectivity index is 1.55. The molecule has 11 nitrogen and oxygen atoms in total. The molecule has 12 heteroatoms. The highest BCUT2D eigenvalue weighted by Crippen LogP contribution is 2.38. The Labute approximate surface area is 248 Å². The van der Waals surface area contributed by atoms with E-state index >= 15 is 0 Å². The van der Waals surface area contributed by atoms with Crippen molar-refractivity contribution in [2.75, 3.05) is 39.5 Å². The fourth-order valence-electron chi connectivity index (χ4n) is 4.20. The molecule has 0 saturated carbocycles. The van der Waals surface area contributed by atoms with E-state index in [1.807, 2.05) is 36.6 Å². The molecular formula is C30H33N5O6S. The highest BCUT2D eigenvalue weighted by atomic mass is 32.2. The molecule has 0 unspecified atom stereocenters. The van der Waals surface area contributed by atoms with Crippen LogP contribution in [0.5, 0.6) is 23.0 Å². The lowest BCUT2D eigenvalue weighted by molar-refractivity contribution is -0.113. The van der Waals surface area contributed by atoms with E-state index in [1.54, 1.807) is 43.5 Å². The number of amides is 2. The number of carbonyl (C=O) groups is 2. The summed E-state index contributed by atoms with van der Waals surface area (Å²) in [6.45, 7) is 4.10. The predicted octanol–water partition coefficient (Wildman–Crippen LogP) is 4.58. The quantitative estimate of drug-likeness (QED) is 0.228. The summed E-state index contributed by atoms with van der Waals surface area (Å²) >= 11 is 1.25. The van der Waals surface area contributed by atoms with Crippen LogP contribution in [0.25, 0.3) is 5.69 Å². The standard InChI is InChI=1S/C30H33N5O6S/c1-18-8-7-9-23(19(18)2)35-26(16-31-29(37)20-14-24(39-4)28(41-6)25(15-20)40-5)33-34-30(35)42-17-27(36)32-21-10-12-22(38-3)13-11-21/h7-15H,16-17H2,1-6H3,(H,31,37)(H,32,36). The lowest BCUT2D eigenvalue weighted by Crippen LogP contribution is -2.25. The highest BCUT2D eigenvalue weighted by Gasteiger charge is 2.21. The van der Waals surface area contributed by atoms with Crippen LogP contribution in [0.3, 0.4) is 0 Å². The van der Waals surface area contributed by atoms with E-state index in [9.17, 15) is 9.59 Å². The van der Waals surface area contributed by atoms with E-state index in [0.717, 1.165) is 16.8 Å². The number of rotatable bonds is 12. The first-order chi connectivity index (χ1) is 20.3. The first kappa shape index (κ1) is 30.3. The number of carbonyl (C=O) groups excluding carboxylic acids is 2. The predicted molar refractivity (Wildman–Crippen MR) is 160 cm³/mol. The third-order valence-electron chi connectivity index (χ3n) is 6.56. The summed E-state index contributed by atoms with van der Waals surface area (Å²) in [7, 11) is 6.06. The van der Waals surface area contributed by atoms with Crippen molar-refractivity contribution in [2.45, 2.75) is 25.5 Å². The van der Waals surface area contributed by atoms with Crippen LogP contribution < -0.4 is 29.6 Å². The molecule has 0 saturated heterocycles. The molecule has 0 spiro atoms. The van der Waals surface area contributed by atoms with Crippen LogP contribution in [0.1, 0.15) is 27.3 Å². The number of methoxy groups -OCH3 is 4. The van der Waals surface area contributed by atoms with Crippen molar-refractivity contribution in [3.05, 3.63) is 77.1 Å². The minimum atomic E-state index is -0.363. The SMILES string of the molecule is COc1ccc(NC(=O)CSc2nnc(CNC(=O)c3cc(OC)c(OC)c(OC)c3)n2-c2cccc(C)c2C)cc1. The van der Waals surface area contributed by atoms with E-state index in [-0.39, 0.29) is 24.1 Å². The van der Waals surface area contributed by atoms with Crippen LogP contribution in [0.4, 0.5) is 5.69 Å². The summed E-state index contributed by atoms with van der Waals surface area (Å²) in [5.41, 5.74) is 3.95. The van der Waals surface area contributed by atoms with E-state index in [1.165, 1.54) is 33.1 Å². The number of nitrogens with one attached hydrogen (secondary N) is 2. The lowest BCUT2D eigenvalue weighted by atomic mass is 10.1. The maximum absolute atomic E-state index is 13.2. The minimum Gasteiger partial charge on any atom is -0.497 e. The summed E-state index contributed by atoms with van der Waals surface area (Å²) in [5, 5.41) is 15.0. The molecule has 220 valence electrons. The number of hydrogen-bond donors (Lipinski definition) is 2. The molecule has 0 aliphatic heterocycles. The second-order valence-corrected chi connectivity index (χ2v) is 10.1. The Morgan fingerprint density at radius 1 is 0.881 bits per heavy atom. The minimum absolute atomic E-state index is 0.0779. The van der Waals surface area contributed by atoms with E-state index in [0.29, 0.717) is 45.2 Å². The molecule has 0 fully saturated rings. The Kier molecular flexibility index (Phi) is 9.92. The largest absolute Gasteiger partial charge is 0.497 e. The van der Waals surface area contributed by atoms with Crippen molar-refractivity contribution in [3.8, 4) is 28.7 Å². The number of aromatic nitrogens is 3. The molecule has 0 radical (unpaired) electrons. The summed E-state index contributed by atoms with van der Waals surface area (Å²) in [4.78, 5) is 25.9. The lowest BCUT2D eigenvalue weighted by Gasteiger charge is -2.16. The van der Waals surface area contributed by atoms with Gasteiger partial charge in [0, 0.05) is 11.3 Å². The summed E-state index contributed by atoms with van der Waals surface area (Å²) < 4.78 is 23.1. The van der Waals surface area contributed by atoms with Gasteiger partial charge in [-0.25, -0.2) is 0 Å². The van der Waals surface area contributed by atoms with Gasteiger partial charge in [0.05, 0.1) is 46.4 Å². The van der Waals surface area contributed by atoms with Crippen LogP contribution in [-0.4, -0.2) is 60.8 Å². The zero-order chi connectivity index (χ0) is 30.2. The number of hydrogen-bond acceptors (Lipinski definition) is 9. The van der Waals surface area contributed by atoms with Gasteiger partial charge in [0.15, 0.2) is 22.5 Å². The Morgan fingerprint density at radius 2 is 1.57 bits per heavy atom. The molecule has 4 aromatic rings. The van der Waals surface area contributed by atoms with E-state index < -0.39 is 0 Å². The average Bonchev–Trinajstić information content (AvgIpc) is 3.42. The first-order valence-corrected chi connectivity index (χ1v) is 13.9. The number of benzene rings is 3. The normalized spacial score (nSPS) is 10.6. The van der Waals surface area contributed by atoms with Gasteiger partial charge in [-0.2, -0.15) is 0 Å². The average molecular weight is 592 g/mol. The Bertz CT molecular complexity index is 1550. The van der Waals surface area contributed by atoms with Gasteiger partial charge in [0.25, 0.3) is 5.91 Å². The molecule has 4 rings (SSSR count). The number of ether oxygens (including phenoxy) is 4. The fourth-order valence-corrected chi connectivity index (χ4v) is 4.97. The maximum atomic E-state index is 13.2. The van der Waals surface area contributed by atoms with Gasteiger partial charge in [0.2, 0.25) is 11.7 Å². The fraction of sp³-hybridized carbons (Fsp3) is 0.267. The Hall–Kier alpha value is -4.71. The van der Waals surface area contributed by atoms with Crippen LogP contribution >= 0.6 is 11.8 Å². The molecule has 3 aromatic carbocycles. The number of nitrogens with zero attached hydrogens (tertiary/aromatic N) is 3. The highest BCUT2D eigenvalue weighted by molar-refractivity contribution is 7.99. The van der Waals surface area contributed by atoms with Crippen LogP contribution in [0, 0.1) is 13.8 Å². The van der Waals surface area contributed by atoms with E-state index in [4.69, 9.17) is 18.9 Å². The van der Waals surface area contributed by atoms with Crippen LogP contribution in [-0.2, 0) is 11.3 Å². The number of aryl methyl sites for hydroxylation is 1. The molecule has 2 N–H and O–H groups in total. The van der Waals surface area contributed by atoms with Gasteiger partial charge in [-0.3, -0.25) is 14.2 Å². The molecule has 0 aliphatic carbocycles. The molecule has 0 aliphatic rings. The third kappa shape index (κ3) is 6.77. The smallest absolute Gasteiger partial charge is 0.251 e. The molecule has 1 aromatic heterocycles. The number of anilines is 1. The first-order valence-electron chi connectivity index (χ1n) is 12.9. The molecule has 42 heavy (non-hydrogen) atoms. The zero-order valence-electron chi connectivity index (χ0n) is 24.3. The van der Waals surface area contributed by atoms with Crippen LogP contribution in [0.15, 0.2) is 59.8 Å². The topological polar surface area (TPSA) is 126 Å². The van der Waals surface area contributed by atoms with Gasteiger partial charge >= 0.3 is 0 Å². The van der Waals surface area contributed by atoms with Crippen molar-refractivity contribution in [3.63, 3.8) is 0 Å². The van der Waals surface area contributed by atoms with Gasteiger partial charge in [-0.15, -0.1) is 10.2 Å². The van der Waals surface area contributed by atoms with Crippen molar-refractivity contribution >= 4 is 29.3 Å². The summed E-state index contributed by atoms with van der Waals surface area (Å²) in [5.74, 6) is 1.88. The summed E-state index contributed by atoms with van der Waals surface area (Å²) in [6, 6.07) is 16.2. The van der Waals surface area contributed by atoms with Gasteiger partial charge in [0.1, 0.15) is 5.75 Å². The maximum Gasteiger partial charge on any atom is 0.251 e. The second-order valence-electron chi connectivity index (χ2n) is 9.12. The van der Waals surface area contributed by atoms with Gasteiger partial charge in [-0.1, -0.05) is 23.9 Å². The second kappa shape index (κ2) is 13.8. The molecule has 0 bridgehead atoms. The molecule has 0 atom stereocenters. The monoisotopic (exact) mass is 591 g/mol. The van der Waals surface area contributed by atoms with Crippen molar-refractivity contribution in [2.24, 2.45) is 0 Å². The van der Waals surface area contributed by atoms with Crippen LogP contribution in [0.2, 0.25) is 0 Å². The zero-order valence-corrected chi connectivity index (χ0v) is 25.1. The number of thioether (sulfide) groups is 1. The Morgan fingerprint density at radius 3 is 2.19 bits per heavy atom. The van der Waals surface area contributed by atoms with Gasteiger partial charge < -0.3 is 29.6 Å². The molecule has 1 heterocycles. The van der Waals surface area contributed by atoms with Crippen molar-refractivity contribution in [1.29, 1.82) is 0 Å². The van der Waals surface area contributed by atoms with Gasteiger partial charge in [-0.05, 0) is 67.4 Å². The third-order valence-corrected chi connectivity index (χ3v) is 7.49. The van der Waals surface area contributed by atoms with E-state index in [2.05, 4.69) is 20.8 Å². The van der Waals surface area contributed by atoms with Crippen molar-refractivity contribution in [1.82, 2.24) is 20.1 Å².